The first-order chi connectivity index (χ1) is 8.74. The molecule has 1 aliphatic heterocycles. The van der Waals surface area contributed by atoms with Gasteiger partial charge in [0.15, 0.2) is 0 Å². The van der Waals surface area contributed by atoms with Gasteiger partial charge in [-0.15, -0.1) is 12.6 Å². The molecule has 2 aromatic carbocycles. The molecule has 1 heterocycles. The molecule has 0 radical (unpaired) electrons. The monoisotopic (exact) mass is 273 g/mol. The Balaban J connectivity index is 2.10. The van der Waals surface area contributed by atoms with Crippen LogP contribution in [0.4, 0.5) is 0 Å². The minimum Gasteiger partial charge on any atom is -0.331 e. The summed E-state index contributed by atoms with van der Waals surface area (Å²) < 4.78 is -0.140. The molecule has 1 atom stereocenters. The highest BCUT2D eigenvalue weighted by atomic mass is 32.2. The standard InChI is InChI=1S/C14H11NOS2/c16-13-12(18-14(17)15-13)8-10-6-3-5-9-4-1-2-7-11(9)10/h1-8,14,17H,(H,15,16)/b12-8-. The number of amides is 1. The summed E-state index contributed by atoms with van der Waals surface area (Å²) in [6, 6.07) is 14.3. The van der Waals surface area contributed by atoms with Crippen molar-refractivity contribution in [3.05, 3.63) is 52.9 Å². The molecule has 0 spiro atoms. The third kappa shape index (κ3) is 2.13. The molecule has 18 heavy (non-hydrogen) atoms. The van der Waals surface area contributed by atoms with Crippen molar-refractivity contribution in [1.82, 2.24) is 5.32 Å². The number of fused-ring (bicyclic) bond motifs is 1. The summed E-state index contributed by atoms with van der Waals surface area (Å²) in [5, 5.41) is 5.09. The Kier molecular flexibility index (Phi) is 3.06. The topological polar surface area (TPSA) is 29.1 Å². The second kappa shape index (κ2) is 4.71. The lowest BCUT2D eigenvalue weighted by Crippen LogP contribution is -2.19. The summed E-state index contributed by atoms with van der Waals surface area (Å²) in [6.45, 7) is 0. The quantitative estimate of drug-likeness (QED) is 0.617. The first-order valence-corrected chi connectivity index (χ1v) is 6.99. The second-order valence-electron chi connectivity index (χ2n) is 4.02. The number of carbonyl (C=O) groups excluding carboxylic acids is 1. The highest BCUT2D eigenvalue weighted by Crippen LogP contribution is 2.32. The average Bonchev–Trinajstić information content (AvgIpc) is 2.68. The van der Waals surface area contributed by atoms with Crippen LogP contribution in [0.5, 0.6) is 0 Å². The van der Waals surface area contributed by atoms with E-state index in [9.17, 15) is 4.79 Å². The maximum atomic E-state index is 11.7. The lowest BCUT2D eigenvalue weighted by atomic mass is 10.0. The zero-order valence-electron chi connectivity index (χ0n) is 9.46. The molecule has 0 bridgehead atoms. The predicted molar refractivity (Wildman–Crippen MR) is 80.4 cm³/mol. The Hall–Kier alpha value is -1.39. The summed E-state index contributed by atoms with van der Waals surface area (Å²) in [7, 11) is 0. The van der Waals surface area contributed by atoms with Gasteiger partial charge in [0.25, 0.3) is 5.91 Å². The molecule has 0 saturated carbocycles. The normalized spacial score (nSPS) is 21.5. The molecule has 1 unspecified atom stereocenters. The Morgan fingerprint density at radius 1 is 1.17 bits per heavy atom. The summed E-state index contributed by atoms with van der Waals surface area (Å²) in [5.41, 5.74) is 1.06. The number of hydrogen-bond acceptors (Lipinski definition) is 3. The van der Waals surface area contributed by atoms with Crippen molar-refractivity contribution >= 4 is 47.1 Å². The molecule has 90 valence electrons. The van der Waals surface area contributed by atoms with Gasteiger partial charge in [0.05, 0.1) is 4.91 Å². The number of nitrogens with one attached hydrogen (secondary N) is 1. The van der Waals surface area contributed by atoms with Gasteiger partial charge in [0.1, 0.15) is 4.71 Å². The van der Waals surface area contributed by atoms with Crippen LogP contribution in [0.25, 0.3) is 16.8 Å². The first kappa shape index (κ1) is 11.7. The van der Waals surface area contributed by atoms with E-state index >= 15 is 0 Å². The molecule has 1 saturated heterocycles. The van der Waals surface area contributed by atoms with Crippen LogP contribution in [-0.2, 0) is 4.79 Å². The molecular weight excluding hydrogens is 262 g/mol. The SMILES string of the molecule is O=C1NC(S)S/C1=C\c1cccc2ccccc12. The first-order valence-electron chi connectivity index (χ1n) is 5.59. The highest BCUT2D eigenvalue weighted by Gasteiger charge is 2.24. The van der Waals surface area contributed by atoms with Crippen molar-refractivity contribution in [3.8, 4) is 0 Å². The number of thiol groups is 1. The largest absolute Gasteiger partial charge is 0.331 e. The molecule has 1 N–H and O–H groups in total. The van der Waals surface area contributed by atoms with E-state index in [2.05, 4.69) is 36.1 Å². The van der Waals surface area contributed by atoms with Gasteiger partial charge in [-0.25, -0.2) is 0 Å². The van der Waals surface area contributed by atoms with Gasteiger partial charge < -0.3 is 5.32 Å². The van der Waals surface area contributed by atoms with Crippen LogP contribution in [0.2, 0.25) is 0 Å². The van der Waals surface area contributed by atoms with Crippen molar-refractivity contribution in [2.45, 2.75) is 4.71 Å². The lowest BCUT2D eigenvalue weighted by Gasteiger charge is -2.02. The predicted octanol–water partition coefficient (Wildman–Crippen LogP) is 3.26. The van der Waals surface area contributed by atoms with Gasteiger partial charge in [-0.3, -0.25) is 4.79 Å². The van der Waals surface area contributed by atoms with Gasteiger partial charge in [-0.2, -0.15) is 0 Å². The van der Waals surface area contributed by atoms with Crippen LogP contribution < -0.4 is 5.32 Å². The lowest BCUT2D eigenvalue weighted by molar-refractivity contribution is -0.116. The van der Waals surface area contributed by atoms with E-state index in [4.69, 9.17) is 0 Å². The van der Waals surface area contributed by atoms with Crippen molar-refractivity contribution in [2.24, 2.45) is 0 Å². The van der Waals surface area contributed by atoms with Gasteiger partial charge in [-0.05, 0) is 22.4 Å². The number of rotatable bonds is 1. The fourth-order valence-electron chi connectivity index (χ4n) is 2.00. The molecule has 4 heteroatoms. The molecular formula is C14H11NOS2. The van der Waals surface area contributed by atoms with Crippen molar-refractivity contribution < 1.29 is 4.79 Å². The van der Waals surface area contributed by atoms with E-state index in [1.807, 2.05) is 30.3 Å². The zero-order valence-corrected chi connectivity index (χ0v) is 11.2. The Bertz CT molecular complexity index is 646. The minimum atomic E-state index is -0.140. The molecule has 0 aliphatic carbocycles. The maximum absolute atomic E-state index is 11.7. The Labute approximate surface area is 115 Å². The third-order valence-corrected chi connectivity index (χ3v) is 4.17. The minimum absolute atomic E-state index is 0.0482. The molecule has 2 aromatic rings. The van der Waals surface area contributed by atoms with Crippen LogP contribution in [-0.4, -0.2) is 10.6 Å². The van der Waals surface area contributed by atoms with Crippen molar-refractivity contribution in [1.29, 1.82) is 0 Å². The summed E-state index contributed by atoms with van der Waals surface area (Å²) in [5.74, 6) is -0.0482. The number of benzene rings is 2. The van der Waals surface area contributed by atoms with Gasteiger partial charge in [0, 0.05) is 0 Å². The van der Waals surface area contributed by atoms with Crippen LogP contribution in [0.1, 0.15) is 5.56 Å². The van der Waals surface area contributed by atoms with E-state index in [0.29, 0.717) is 4.91 Å². The molecule has 2 nitrogen and oxygen atoms in total. The smallest absolute Gasteiger partial charge is 0.259 e. The van der Waals surface area contributed by atoms with Crippen LogP contribution >= 0.6 is 24.4 Å². The highest BCUT2D eigenvalue weighted by molar-refractivity contribution is 8.14. The van der Waals surface area contributed by atoms with Crippen LogP contribution in [0.3, 0.4) is 0 Å². The molecule has 1 amide bonds. The van der Waals surface area contributed by atoms with Gasteiger partial charge in [-0.1, -0.05) is 54.2 Å². The molecule has 1 aliphatic rings. The zero-order chi connectivity index (χ0) is 12.5. The van der Waals surface area contributed by atoms with E-state index in [-0.39, 0.29) is 10.6 Å². The van der Waals surface area contributed by atoms with Crippen LogP contribution in [0, 0.1) is 0 Å². The molecule has 0 aromatic heterocycles. The fraction of sp³-hybridized carbons (Fsp3) is 0.0714. The number of hydrogen-bond donors (Lipinski definition) is 2. The van der Waals surface area contributed by atoms with Crippen molar-refractivity contribution in [3.63, 3.8) is 0 Å². The molecule has 3 rings (SSSR count). The van der Waals surface area contributed by atoms with Gasteiger partial charge >= 0.3 is 0 Å². The molecule has 1 fully saturated rings. The van der Waals surface area contributed by atoms with E-state index in [1.54, 1.807) is 0 Å². The number of carbonyl (C=O) groups is 1. The average molecular weight is 273 g/mol. The van der Waals surface area contributed by atoms with E-state index in [1.165, 1.54) is 17.1 Å². The van der Waals surface area contributed by atoms with Gasteiger partial charge in [0.2, 0.25) is 0 Å². The summed E-state index contributed by atoms with van der Waals surface area (Å²) in [6.07, 6.45) is 1.93. The third-order valence-electron chi connectivity index (χ3n) is 2.83. The summed E-state index contributed by atoms with van der Waals surface area (Å²) in [4.78, 5) is 12.4. The Morgan fingerprint density at radius 2 is 1.94 bits per heavy atom. The summed E-state index contributed by atoms with van der Waals surface area (Å²) >= 11 is 5.68. The number of thioether (sulfide) groups is 1. The van der Waals surface area contributed by atoms with E-state index in [0.717, 1.165) is 10.9 Å². The van der Waals surface area contributed by atoms with Crippen LogP contribution in [0.15, 0.2) is 47.4 Å². The fourth-order valence-corrected chi connectivity index (χ4v) is 3.23. The second-order valence-corrected chi connectivity index (χ2v) is 6.03. The maximum Gasteiger partial charge on any atom is 0.259 e. The Morgan fingerprint density at radius 3 is 2.72 bits per heavy atom. The van der Waals surface area contributed by atoms with Crippen molar-refractivity contribution in [2.75, 3.05) is 0 Å². The van der Waals surface area contributed by atoms with E-state index < -0.39 is 0 Å².